The van der Waals surface area contributed by atoms with Crippen LogP contribution in [0.3, 0.4) is 0 Å². The molecule has 1 heterocycles. The van der Waals surface area contributed by atoms with E-state index in [1.807, 2.05) is 12.1 Å². The molecule has 148 valence electrons. The van der Waals surface area contributed by atoms with Gasteiger partial charge in [0.15, 0.2) is 5.96 Å². The van der Waals surface area contributed by atoms with Crippen molar-refractivity contribution in [2.24, 2.45) is 4.99 Å². The maximum atomic E-state index is 5.86. The molecule has 0 bridgehead atoms. The summed E-state index contributed by atoms with van der Waals surface area (Å²) in [6.45, 7) is 6.16. The van der Waals surface area contributed by atoms with E-state index in [1.54, 1.807) is 20.4 Å². The predicted octanol–water partition coefficient (Wildman–Crippen LogP) is 3.67. The molecule has 0 aliphatic carbocycles. The zero-order chi connectivity index (χ0) is 18.8. The van der Waals surface area contributed by atoms with Crippen LogP contribution in [0.5, 0.6) is 11.6 Å². The number of aromatic nitrogens is 1. The minimum absolute atomic E-state index is 0. The maximum Gasteiger partial charge on any atom is 0.212 e. The monoisotopic (exact) mass is 484 g/mol. The SMILES string of the molecule is CCCOc1cc(C)ccc1CNC(=NC)NCc1ccc(OC)nc1.I. The van der Waals surface area contributed by atoms with Crippen LogP contribution in [-0.2, 0) is 13.1 Å². The molecular formula is C20H29IN4O2. The van der Waals surface area contributed by atoms with Crippen LogP contribution in [0.4, 0.5) is 0 Å². The number of aryl methyl sites for hydroxylation is 1. The van der Waals surface area contributed by atoms with Crippen molar-refractivity contribution in [1.82, 2.24) is 15.6 Å². The molecule has 2 aromatic rings. The molecule has 6 nitrogen and oxygen atoms in total. The van der Waals surface area contributed by atoms with Crippen molar-refractivity contribution in [3.8, 4) is 11.6 Å². The molecule has 0 saturated heterocycles. The molecule has 1 aromatic heterocycles. The Labute approximate surface area is 178 Å². The van der Waals surface area contributed by atoms with Crippen molar-refractivity contribution < 1.29 is 9.47 Å². The van der Waals surface area contributed by atoms with E-state index in [1.165, 1.54) is 5.56 Å². The largest absolute Gasteiger partial charge is 0.493 e. The number of benzene rings is 1. The third-order valence-electron chi connectivity index (χ3n) is 3.82. The van der Waals surface area contributed by atoms with Crippen molar-refractivity contribution in [1.29, 1.82) is 0 Å². The van der Waals surface area contributed by atoms with E-state index >= 15 is 0 Å². The number of aliphatic imine (C=N–C) groups is 1. The lowest BCUT2D eigenvalue weighted by molar-refractivity contribution is 0.313. The van der Waals surface area contributed by atoms with Crippen LogP contribution in [0, 0.1) is 6.92 Å². The molecule has 7 heteroatoms. The average molecular weight is 484 g/mol. The summed E-state index contributed by atoms with van der Waals surface area (Å²) in [6.07, 6.45) is 2.77. The third kappa shape index (κ3) is 7.62. The molecule has 0 aliphatic heterocycles. The number of methoxy groups -OCH3 is 1. The second-order valence-corrected chi connectivity index (χ2v) is 5.95. The Morgan fingerprint density at radius 1 is 1.15 bits per heavy atom. The van der Waals surface area contributed by atoms with Gasteiger partial charge in [-0.15, -0.1) is 24.0 Å². The molecule has 0 fully saturated rings. The summed E-state index contributed by atoms with van der Waals surface area (Å²) >= 11 is 0. The van der Waals surface area contributed by atoms with Crippen LogP contribution in [-0.4, -0.2) is 31.7 Å². The van der Waals surface area contributed by atoms with Gasteiger partial charge in [0.25, 0.3) is 0 Å². The van der Waals surface area contributed by atoms with Gasteiger partial charge in [0.1, 0.15) is 5.75 Å². The van der Waals surface area contributed by atoms with Gasteiger partial charge < -0.3 is 20.1 Å². The molecule has 2 rings (SSSR count). The average Bonchev–Trinajstić information content (AvgIpc) is 2.68. The summed E-state index contributed by atoms with van der Waals surface area (Å²) in [7, 11) is 3.36. The Kier molecular flexibility index (Phi) is 10.5. The Hall–Kier alpha value is -2.03. The number of pyridine rings is 1. The Balaban J connectivity index is 0.00000364. The van der Waals surface area contributed by atoms with Crippen LogP contribution in [0.25, 0.3) is 0 Å². The quantitative estimate of drug-likeness (QED) is 0.340. The molecule has 2 N–H and O–H groups in total. The van der Waals surface area contributed by atoms with Gasteiger partial charge in [-0.3, -0.25) is 4.99 Å². The number of halogens is 1. The number of rotatable bonds is 8. The first kappa shape index (κ1) is 23.0. The highest BCUT2D eigenvalue weighted by molar-refractivity contribution is 14.0. The zero-order valence-corrected chi connectivity index (χ0v) is 18.7. The van der Waals surface area contributed by atoms with Gasteiger partial charge in [0.2, 0.25) is 5.88 Å². The van der Waals surface area contributed by atoms with E-state index < -0.39 is 0 Å². The Morgan fingerprint density at radius 3 is 2.56 bits per heavy atom. The van der Waals surface area contributed by atoms with Crippen LogP contribution >= 0.6 is 24.0 Å². The molecular weight excluding hydrogens is 455 g/mol. The number of hydrogen-bond acceptors (Lipinski definition) is 4. The first-order chi connectivity index (χ1) is 12.7. The van der Waals surface area contributed by atoms with E-state index in [9.17, 15) is 0 Å². The van der Waals surface area contributed by atoms with Crippen LogP contribution < -0.4 is 20.1 Å². The van der Waals surface area contributed by atoms with Crippen LogP contribution in [0.2, 0.25) is 0 Å². The van der Waals surface area contributed by atoms with Crippen molar-refractivity contribution in [2.75, 3.05) is 20.8 Å². The highest BCUT2D eigenvalue weighted by Gasteiger charge is 2.06. The van der Waals surface area contributed by atoms with Crippen LogP contribution in [0.1, 0.15) is 30.0 Å². The van der Waals surface area contributed by atoms with Crippen molar-refractivity contribution in [2.45, 2.75) is 33.4 Å². The third-order valence-corrected chi connectivity index (χ3v) is 3.82. The summed E-state index contributed by atoms with van der Waals surface area (Å²) in [5.74, 6) is 2.26. The van der Waals surface area contributed by atoms with Gasteiger partial charge in [-0.1, -0.05) is 25.1 Å². The molecule has 0 amide bonds. The fourth-order valence-electron chi connectivity index (χ4n) is 2.38. The van der Waals surface area contributed by atoms with E-state index in [0.29, 0.717) is 25.6 Å². The minimum Gasteiger partial charge on any atom is -0.493 e. The lowest BCUT2D eigenvalue weighted by Gasteiger charge is -2.15. The molecule has 0 atom stereocenters. The van der Waals surface area contributed by atoms with E-state index in [0.717, 1.165) is 29.3 Å². The summed E-state index contributed by atoms with van der Waals surface area (Å²) in [6, 6.07) is 10.1. The van der Waals surface area contributed by atoms with Gasteiger partial charge in [-0.25, -0.2) is 4.98 Å². The number of ether oxygens (including phenoxy) is 2. The fourth-order valence-corrected chi connectivity index (χ4v) is 2.38. The summed E-state index contributed by atoms with van der Waals surface area (Å²) < 4.78 is 10.9. The highest BCUT2D eigenvalue weighted by atomic mass is 127. The van der Waals surface area contributed by atoms with Crippen molar-refractivity contribution in [3.63, 3.8) is 0 Å². The van der Waals surface area contributed by atoms with Gasteiger partial charge >= 0.3 is 0 Å². The minimum atomic E-state index is 0. The van der Waals surface area contributed by atoms with Gasteiger partial charge in [-0.05, 0) is 30.5 Å². The van der Waals surface area contributed by atoms with Gasteiger partial charge in [0.05, 0.1) is 13.7 Å². The molecule has 1 aromatic carbocycles. The number of guanidine groups is 1. The second kappa shape index (κ2) is 12.4. The predicted molar refractivity (Wildman–Crippen MR) is 120 cm³/mol. The first-order valence-electron chi connectivity index (χ1n) is 8.82. The van der Waals surface area contributed by atoms with Crippen molar-refractivity contribution in [3.05, 3.63) is 53.2 Å². The second-order valence-electron chi connectivity index (χ2n) is 5.95. The van der Waals surface area contributed by atoms with E-state index in [2.05, 4.69) is 52.7 Å². The number of hydrogen-bond donors (Lipinski definition) is 2. The molecule has 0 radical (unpaired) electrons. The molecule has 0 spiro atoms. The molecule has 0 saturated carbocycles. The lowest BCUT2D eigenvalue weighted by Crippen LogP contribution is -2.36. The molecule has 0 unspecified atom stereocenters. The Morgan fingerprint density at radius 2 is 1.93 bits per heavy atom. The maximum absolute atomic E-state index is 5.86. The van der Waals surface area contributed by atoms with Crippen molar-refractivity contribution >= 4 is 29.9 Å². The lowest BCUT2D eigenvalue weighted by atomic mass is 10.1. The van der Waals surface area contributed by atoms with Gasteiger partial charge in [-0.2, -0.15) is 0 Å². The smallest absolute Gasteiger partial charge is 0.212 e. The van der Waals surface area contributed by atoms with Gasteiger partial charge in [0, 0.05) is 38.0 Å². The molecule has 0 aliphatic rings. The van der Waals surface area contributed by atoms with E-state index in [-0.39, 0.29) is 24.0 Å². The standard InChI is InChI=1S/C20H28N4O2.HI/c1-5-10-26-18-11-15(2)6-8-17(18)14-24-20(21-3)23-13-16-7-9-19(25-4)22-12-16;/h6-9,11-12H,5,10,13-14H2,1-4H3,(H2,21,23,24);1H. The number of nitrogens with zero attached hydrogens (tertiary/aromatic N) is 2. The topological polar surface area (TPSA) is 67.8 Å². The fraction of sp³-hybridized carbons (Fsp3) is 0.400. The van der Waals surface area contributed by atoms with E-state index in [4.69, 9.17) is 9.47 Å². The highest BCUT2D eigenvalue weighted by Crippen LogP contribution is 2.20. The number of nitrogens with one attached hydrogen (secondary N) is 2. The normalized spacial score (nSPS) is 10.7. The summed E-state index contributed by atoms with van der Waals surface area (Å²) in [5.41, 5.74) is 3.35. The first-order valence-corrected chi connectivity index (χ1v) is 8.82. The molecule has 27 heavy (non-hydrogen) atoms. The zero-order valence-electron chi connectivity index (χ0n) is 16.4. The summed E-state index contributed by atoms with van der Waals surface area (Å²) in [4.78, 5) is 8.47. The van der Waals surface area contributed by atoms with Crippen LogP contribution in [0.15, 0.2) is 41.5 Å². The Bertz CT molecular complexity index is 720. The summed E-state index contributed by atoms with van der Waals surface area (Å²) in [5, 5.41) is 6.61.